The van der Waals surface area contributed by atoms with Gasteiger partial charge in [-0.1, -0.05) is 231 Å². The molecule has 75 heavy (non-hydrogen) atoms. The molecule has 0 amide bonds. The summed E-state index contributed by atoms with van der Waals surface area (Å²) in [7, 11) is 0. The van der Waals surface area contributed by atoms with Crippen LogP contribution < -0.4 is 9.80 Å². The van der Waals surface area contributed by atoms with E-state index in [0.717, 1.165) is 72.2 Å². The standard InChI is InChI=1S/C72H46N2O/c1-4-22-47(23-5-1)48-40-43-53(44-41-48)73(51-26-6-2-7-27-51)70-60-36-18-14-32-56(60)66(57-33-15-19-37-61(57)70)67-58-34-16-20-38-62(58)71(63-39-21-17-35-59(63)67)74(52-28-8-3-9-29-52)64-46-50-25-11-13-31-55(50)69-68-54-30-12-10-24-49(54)42-45-65(68)75-72(64)69/h1-46H. The molecule has 0 aliphatic heterocycles. The van der Waals surface area contributed by atoms with Gasteiger partial charge in [0.15, 0.2) is 5.58 Å². The van der Waals surface area contributed by atoms with Crippen LogP contribution in [-0.2, 0) is 0 Å². The van der Waals surface area contributed by atoms with Gasteiger partial charge in [-0.2, -0.15) is 0 Å². The molecule has 3 heteroatoms. The second kappa shape index (κ2) is 17.4. The Morgan fingerprint density at radius 2 is 0.627 bits per heavy atom. The average Bonchev–Trinajstić information content (AvgIpc) is 3.92. The zero-order chi connectivity index (χ0) is 49.4. The molecule has 0 saturated heterocycles. The number of hydrogen-bond donors (Lipinski definition) is 0. The van der Waals surface area contributed by atoms with Crippen molar-refractivity contribution in [3.8, 4) is 22.3 Å². The van der Waals surface area contributed by atoms with E-state index in [1.54, 1.807) is 0 Å². The van der Waals surface area contributed by atoms with Gasteiger partial charge in [0.25, 0.3) is 0 Å². The quantitative estimate of drug-likeness (QED) is 0.142. The second-order valence-electron chi connectivity index (χ2n) is 19.5. The number of para-hydroxylation sites is 2. The van der Waals surface area contributed by atoms with Crippen LogP contribution in [0.25, 0.3) is 109 Å². The van der Waals surface area contributed by atoms with Gasteiger partial charge < -0.3 is 14.2 Å². The molecule has 0 aliphatic rings. The predicted molar refractivity (Wildman–Crippen MR) is 319 cm³/mol. The van der Waals surface area contributed by atoms with E-state index >= 15 is 0 Å². The summed E-state index contributed by atoms with van der Waals surface area (Å²) in [5.41, 5.74) is 13.0. The van der Waals surface area contributed by atoms with Crippen molar-refractivity contribution >= 4 is 121 Å². The Bertz CT molecular complexity index is 4580. The molecule has 3 nitrogen and oxygen atoms in total. The molecular formula is C72H46N2O. The highest BCUT2D eigenvalue weighted by molar-refractivity contribution is 6.33. The van der Waals surface area contributed by atoms with Crippen molar-refractivity contribution in [1.82, 2.24) is 0 Å². The molecule has 0 atom stereocenters. The summed E-state index contributed by atoms with van der Waals surface area (Å²) in [5, 5.41) is 16.3. The zero-order valence-corrected chi connectivity index (χ0v) is 40.9. The molecule has 0 fully saturated rings. The summed E-state index contributed by atoms with van der Waals surface area (Å²) in [6.45, 7) is 0. The molecule has 1 aromatic heterocycles. The first-order valence-corrected chi connectivity index (χ1v) is 25.8. The molecule has 1 heterocycles. The Morgan fingerprint density at radius 1 is 0.253 bits per heavy atom. The van der Waals surface area contributed by atoms with Crippen molar-refractivity contribution in [1.29, 1.82) is 0 Å². The highest BCUT2D eigenvalue weighted by Crippen LogP contribution is 2.55. The Labute approximate surface area is 434 Å². The van der Waals surface area contributed by atoms with Crippen LogP contribution in [0.4, 0.5) is 34.1 Å². The van der Waals surface area contributed by atoms with E-state index in [1.807, 2.05) is 0 Å². The number of fused-ring (bicyclic) bond motifs is 11. The molecule has 0 aliphatic carbocycles. The van der Waals surface area contributed by atoms with E-state index in [0.29, 0.717) is 0 Å². The minimum Gasteiger partial charge on any atom is -0.454 e. The number of hydrogen-bond acceptors (Lipinski definition) is 3. The third-order valence-electron chi connectivity index (χ3n) is 15.3. The van der Waals surface area contributed by atoms with E-state index in [-0.39, 0.29) is 0 Å². The maximum atomic E-state index is 7.21. The first-order valence-electron chi connectivity index (χ1n) is 25.8. The topological polar surface area (TPSA) is 19.6 Å². The molecule has 0 N–H and O–H groups in total. The van der Waals surface area contributed by atoms with Crippen LogP contribution in [0.5, 0.6) is 0 Å². The Hall–Kier alpha value is -9.96. The van der Waals surface area contributed by atoms with Gasteiger partial charge in [-0.3, -0.25) is 0 Å². The van der Waals surface area contributed by atoms with Crippen LogP contribution in [0.1, 0.15) is 0 Å². The van der Waals surface area contributed by atoms with Gasteiger partial charge in [-0.25, -0.2) is 0 Å². The molecule has 0 spiro atoms. The highest BCUT2D eigenvalue weighted by Gasteiger charge is 2.29. The third-order valence-corrected chi connectivity index (χ3v) is 15.3. The lowest BCUT2D eigenvalue weighted by Gasteiger charge is -2.31. The lowest BCUT2D eigenvalue weighted by molar-refractivity contribution is 0.669. The van der Waals surface area contributed by atoms with Gasteiger partial charge in [0.1, 0.15) is 5.58 Å². The number of benzene rings is 14. The smallest absolute Gasteiger partial charge is 0.160 e. The lowest BCUT2D eigenvalue weighted by atomic mass is 9.84. The van der Waals surface area contributed by atoms with E-state index < -0.39 is 0 Å². The van der Waals surface area contributed by atoms with E-state index in [9.17, 15) is 0 Å². The van der Waals surface area contributed by atoms with Crippen LogP contribution >= 0.6 is 0 Å². The normalized spacial score (nSPS) is 11.7. The van der Waals surface area contributed by atoms with Gasteiger partial charge >= 0.3 is 0 Å². The van der Waals surface area contributed by atoms with Gasteiger partial charge in [0.2, 0.25) is 0 Å². The van der Waals surface area contributed by atoms with Crippen LogP contribution in [0, 0.1) is 0 Å². The van der Waals surface area contributed by atoms with Crippen LogP contribution in [0.3, 0.4) is 0 Å². The van der Waals surface area contributed by atoms with Crippen LogP contribution in [-0.4, -0.2) is 0 Å². The molecule has 15 rings (SSSR count). The Kier molecular flexibility index (Phi) is 9.89. The maximum Gasteiger partial charge on any atom is 0.160 e. The fraction of sp³-hybridized carbons (Fsp3) is 0. The monoisotopic (exact) mass is 954 g/mol. The van der Waals surface area contributed by atoms with E-state index in [2.05, 4.69) is 289 Å². The summed E-state index contributed by atoms with van der Waals surface area (Å²) in [6, 6.07) is 101. The summed E-state index contributed by atoms with van der Waals surface area (Å²) in [4.78, 5) is 4.92. The zero-order valence-electron chi connectivity index (χ0n) is 40.9. The fourth-order valence-corrected chi connectivity index (χ4v) is 12.2. The van der Waals surface area contributed by atoms with Gasteiger partial charge in [-0.05, 0) is 114 Å². The fourth-order valence-electron chi connectivity index (χ4n) is 12.2. The van der Waals surface area contributed by atoms with Crippen molar-refractivity contribution in [2.45, 2.75) is 0 Å². The molecule has 15 aromatic rings. The summed E-state index contributed by atoms with van der Waals surface area (Å²) in [5.74, 6) is 0. The first-order chi connectivity index (χ1) is 37.3. The molecule has 14 aromatic carbocycles. The molecule has 0 radical (unpaired) electrons. The van der Waals surface area contributed by atoms with Crippen molar-refractivity contribution in [3.63, 3.8) is 0 Å². The molecule has 0 saturated carbocycles. The van der Waals surface area contributed by atoms with E-state index in [4.69, 9.17) is 4.42 Å². The number of anilines is 6. The highest BCUT2D eigenvalue weighted by atomic mass is 16.3. The van der Waals surface area contributed by atoms with Crippen LogP contribution in [0.15, 0.2) is 283 Å². The van der Waals surface area contributed by atoms with Gasteiger partial charge in [0.05, 0.1) is 17.1 Å². The largest absolute Gasteiger partial charge is 0.454 e. The summed E-state index contributed by atoms with van der Waals surface area (Å²) in [6.07, 6.45) is 0. The molecule has 0 unspecified atom stereocenters. The number of nitrogens with zero attached hydrogens (tertiary/aromatic N) is 2. The minimum atomic E-state index is 0.853. The number of rotatable bonds is 8. The van der Waals surface area contributed by atoms with E-state index in [1.165, 1.54) is 70.7 Å². The maximum absolute atomic E-state index is 7.21. The molecule has 0 bridgehead atoms. The van der Waals surface area contributed by atoms with Crippen LogP contribution in [0.2, 0.25) is 0 Å². The average molecular weight is 955 g/mol. The summed E-state index contributed by atoms with van der Waals surface area (Å²) < 4.78 is 7.21. The third kappa shape index (κ3) is 6.75. The van der Waals surface area contributed by atoms with Crippen molar-refractivity contribution in [2.24, 2.45) is 0 Å². The molecule has 350 valence electrons. The van der Waals surface area contributed by atoms with Crippen molar-refractivity contribution in [2.75, 3.05) is 9.80 Å². The Balaban J connectivity index is 1.03. The predicted octanol–water partition coefficient (Wildman–Crippen LogP) is 20.8. The Morgan fingerprint density at radius 3 is 1.15 bits per heavy atom. The minimum absolute atomic E-state index is 0.853. The van der Waals surface area contributed by atoms with Gasteiger partial charge in [0, 0.05) is 49.4 Å². The number of furan rings is 1. The second-order valence-corrected chi connectivity index (χ2v) is 19.5. The SMILES string of the molecule is c1ccc(-c2ccc(N(c3ccccc3)c3c4ccccc4c(-c4c5ccccc5c(N(c5ccccc5)c5cc6ccccc6c6c5oc5ccc7ccccc7c56)c5ccccc45)c4ccccc34)cc2)cc1. The van der Waals surface area contributed by atoms with Crippen molar-refractivity contribution < 1.29 is 4.42 Å². The molecular weight excluding hydrogens is 909 g/mol. The lowest BCUT2D eigenvalue weighted by Crippen LogP contribution is -2.12. The summed E-state index contributed by atoms with van der Waals surface area (Å²) >= 11 is 0. The van der Waals surface area contributed by atoms with Crippen molar-refractivity contribution in [3.05, 3.63) is 279 Å². The van der Waals surface area contributed by atoms with Gasteiger partial charge in [-0.15, -0.1) is 0 Å². The first kappa shape index (κ1) is 42.7.